The van der Waals surface area contributed by atoms with E-state index < -0.39 is 0 Å². The van der Waals surface area contributed by atoms with Crippen LogP contribution in [0.2, 0.25) is 0 Å². The molecule has 1 aliphatic heterocycles. The summed E-state index contributed by atoms with van der Waals surface area (Å²) in [5.41, 5.74) is 1.93. The molecule has 112 valence electrons. The lowest BCUT2D eigenvalue weighted by molar-refractivity contribution is -0.183. The van der Waals surface area contributed by atoms with E-state index in [2.05, 4.69) is 24.1 Å². The molecule has 0 radical (unpaired) electrons. The third-order valence-electron chi connectivity index (χ3n) is 4.64. The fraction of sp³-hybridized carbons (Fsp3) is 0.588. The van der Waals surface area contributed by atoms with Crippen molar-refractivity contribution in [3.05, 3.63) is 35.4 Å². The zero-order valence-corrected chi connectivity index (χ0v) is 12.5. The standard InChI is InChI=1S/C17H22N2O2/c1-19(13-15-4-2-3-14(11-15)12-18)16-5-7-17(8-6-16)20-9-10-21-17/h2-4,11,16H,5-10,13H2,1H3. The first-order valence-electron chi connectivity index (χ1n) is 7.68. The quantitative estimate of drug-likeness (QED) is 0.857. The first-order chi connectivity index (χ1) is 10.2. The van der Waals surface area contributed by atoms with Crippen molar-refractivity contribution in [1.82, 2.24) is 4.90 Å². The van der Waals surface area contributed by atoms with Gasteiger partial charge in [-0.1, -0.05) is 12.1 Å². The van der Waals surface area contributed by atoms with Crippen LogP contribution in [0.5, 0.6) is 0 Å². The minimum Gasteiger partial charge on any atom is -0.348 e. The molecule has 1 aliphatic carbocycles. The van der Waals surface area contributed by atoms with Gasteiger partial charge in [-0.2, -0.15) is 5.26 Å². The van der Waals surface area contributed by atoms with E-state index >= 15 is 0 Å². The molecule has 1 aromatic carbocycles. The van der Waals surface area contributed by atoms with Crippen LogP contribution in [0.4, 0.5) is 0 Å². The van der Waals surface area contributed by atoms with Gasteiger partial charge in [-0.15, -0.1) is 0 Å². The summed E-state index contributed by atoms with van der Waals surface area (Å²) in [6.07, 6.45) is 4.18. The van der Waals surface area contributed by atoms with Gasteiger partial charge in [0.25, 0.3) is 0 Å². The molecule has 0 N–H and O–H groups in total. The summed E-state index contributed by atoms with van der Waals surface area (Å²) in [6, 6.07) is 10.6. The second-order valence-corrected chi connectivity index (χ2v) is 6.07. The Morgan fingerprint density at radius 1 is 1.29 bits per heavy atom. The Kier molecular flexibility index (Phi) is 4.25. The monoisotopic (exact) mass is 286 g/mol. The largest absolute Gasteiger partial charge is 0.348 e. The molecule has 4 nitrogen and oxygen atoms in total. The summed E-state index contributed by atoms with van der Waals surface area (Å²) >= 11 is 0. The van der Waals surface area contributed by atoms with Crippen LogP contribution < -0.4 is 0 Å². The molecule has 21 heavy (non-hydrogen) atoms. The Morgan fingerprint density at radius 3 is 2.67 bits per heavy atom. The normalized spacial score (nSPS) is 21.8. The maximum atomic E-state index is 8.97. The molecule has 3 rings (SSSR count). The van der Waals surface area contributed by atoms with Crippen LogP contribution in [-0.4, -0.2) is 37.0 Å². The average molecular weight is 286 g/mol. The number of hydrogen-bond donors (Lipinski definition) is 0. The van der Waals surface area contributed by atoms with E-state index in [1.807, 2.05) is 18.2 Å². The Morgan fingerprint density at radius 2 is 2.00 bits per heavy atom. The summed E-state index contributed by atoms with van der Waals surface area (Å²) in [5, 5.41) is 8.97. The van der Waals surface area contributed by atoms with Gasteiger partial charge in [0.2, 0.25) is 0 Å². The van der Waals surface area contributed by atoms with Crippen molar-refractivity contribution in [2.45, 2.75) is 44.1 Å². The minimum atomic E-state index is -0.280. The van der Waals surface area contributed by atoms with Crippen molar-refractivity contribution in [3.8, 4) is 6.07 Å². The van der Waals surface area contributed by atoms with E-state index in [4.69, 9.17) is 14.7 Å². The van der Waals surface area contributed by atoms with Crippen molar-refractivity contribution >= 4 is 0 Å². The molecule has 2 fully saturated rings. The molecule has 2 aliphatic rings. The van der Waals surface area contributed by atoms with Gasteiger partial charge in [-0.05, 0) is 37.6 Å². The van der Waals surface area contributed by atoms with Crippen LogP contribution in [0.25, 0.3) is 0 Å². The SMILES string of the molecule is CN(Cc1cccc(C#N)c1)C1CCC2(CC1)OCCO2. The molecular formula is C17H22N2O2. The summed E-state index contributed by atoms with van der Waals surface area (Å²) in [5.74, 6) is -0.280. The lowest BCUT2D eigenvalue weighted by Gasteiger charge is -2.39. The van der Waals surface area contributed by atoms with Gasteiger partial charge in [0, 0.05) is 25.4 Å². The topological polar surface area (TPSA) is 45.5 Å². The highest BCUT2D eigenvalue weighted by molar-refractivity contribution is 5.32. The van der Waals surface area contributed by atoms with Crippen LogP contribution in [0.1, 0.15) is 36.8 Å². The van der Waals surface area contributed by atoms with E-state index in [0.717, 1.165) is 51.0 Å². The Labute approximate surface area is 126 Å². The van der Waals surface area contributed by atoms with Crippen molar-refractivity contribution in [2.75, 3.05) is 20.3 Å². The molecule has 1 spiro atoms. The first-order valence-corrected chi connectivity index (χ1v) is 7.68. The van der Waals surface area contributed by atoms with E-state index in [-0.39, 0.29) is 5.79 Å². The van der Waals surface area contributed by atoms with Crippen LogP contribution in [0.3, 0.4) is 0 Å². The fourth-order valence-electron chi connectivity index (χ4n) is 3.43. The summed E-state index contributed by atoms with van der Waals surface area (Å²) in [6.45, 7) is 2.36. The van der Waals surface area contributed by atoms with Gasteiger partial charge in [0.15, 0.2) is 5.79 Å². The third-order valence-corrected chi connectivity index (χ3v) is 4.64. The predicted molar refractivity (Wildman–Crippen MR) is 79.5 cm³/mol. The lowest BCUT2D eigenvalue weighted by atomic mass is 9.89. The number of nitriles is 1. The average Bonchev–Trinajstić information content (AvgIpc) is 2.96. The van der Waals surface area contributed by atoms with Crippen LogP contribution in [-0.2, 0) is 16.0 Å². The maximum absolute atomic E-state index is 8.97. The minimum absolute atomic E-state index is 0.280. The van der Waals surface area contributed by atoms with Gasteiger partial charge in [0.1, 0.15) is 0 Å². The maximum Gasteiger partial charge on any atom is 0.168 e. The van der Waals surface area contributed by atoms with Gasteiger partial charge in [-0.3, -0.25) is 4.90 Å². The summed E-state index contributed by atoms with van der Waals surface area (Å²) in [4.78, 5) is 2.39. The second-order valence-electron chi connectivity index (χ2n) is 6.07. The molecule has 0 bridgehead atoms. The predicted octanol–water partition coefficient (Wildman–Crippen LogP) is 2.68. The van der Waals surface area contributed by atoms with Gasteiger partial charge < -0.3 is 9.47 Å². The van der Waals surface area contributed by atoms with Gasteiger partial charge in [0.05, 0.1) is 24.8 Å². The Hall–Kier alpha value is -1.41. The number of hydrogen-bond acceptors (Lipinski definition) is 4. The Bertz CT molecular complexity index is 522. The van der Waals surface area contributed by atoms with Gasteiger partial charge in [-0.25, -0.2) is 0 Å². The number of nitrogens with zero attached hydrogens (tertiary/aromatic N) is 2. The highest BCUT2D eigenvalue weighted by Gasteiger charge is 2.40. The third kappa shape index (κ3) is 3.26. The zero-order chi connectivity index (χ0) is 14.7. The summed E-state index contributed by atoms with van der Waals surface area (Å²) in [7, 11) is 2.16. The van der Waals surface area contributed by atoms with Crippen LogP contribution >= 0.6 is 0 Å². The highest BCUT2D eigenvalue weighted by atomic mass is 16.7. The molecule has 1 saturated carbocycles. The number of ether oxygens (including phenoxy) is 2. The van der Waals surface area contributed by atoms with E-state index in [1.165, 1.54) is 5.56 Å². The van der Waals surface area contributed by atoms with E-state index in [1.54, 1.807) is 0 Å². The smallest absolute Gasteiger partial charge is 0.168 e. The number of rotatable bonds is 3. The van der Waals surface area contributed by atoms with Crippen molar-refractivity contribution in [2.24, 2.45) is 0 Å². The van der Waals surface area contributed by atoms with E-state index in [9.17, 15) is 0 Å². The molecule has 0 atom stereocenters. The first kappa shape index (κ1) is 14.5. The molecule has 1 heterocycles. The molecular weight excluding hydrogens is 264 g/mol. The zero-order valence-electron chi connectivity index (χ0n) is 12.5. The number of benzene rings is 1. The van der Waals surface area contributed by atoms with Crippen LogP contribution in [0.15, 0.2) is 24.3 Å². The highest BCUT2D eigenvalue weighted by Crippen LogP contribution is 2.37. The van der Waals surface area contributed by atoms with Crippen molar-refractivity contribution in [3.63, 3.8) is 0 Å². The fourth-order valence-corrected chi connectivity index (χ4v) is 3.43. The van der Waals surface area contributed by atoms with Crippen molar-refractivity contribution in [1.29, 1.82) is 5.26 Å². The van der Waals surface area contributed by atoms with E-state index in [0.29, 0.717) is 6.04 Å². The van der Waals surface area contributed by atoms with Gasteiger partial charge >= 0.3 is 0 Å². The lowest BCUT2D eigenvalue weighted by Crippen LogP contribution is -2.42. The van der Waals surface area contributed by atoms with Crippen LogP contribution in [0, 0.1) is 11.3 Å². The Balaban J connectivity index is 1.56. The molecule has 0 amide bonds. The van der Waals surface area contributed by atoms with Crippen molar-refractivity contribution < 1.29 is 9.47 Å². The molecule has 0 unspecified atom stereocenters. The molecule has 1 saturated heterocycles. The molecule has 0 aromatic heterocycles. The second kappa shape index (κ2) is 6.15. The molecule has 1 aromatic rings. The summed E-state index contributed by atoms with van der Waals surface area (Å²) < 4.78 is 11.6. The molecule has 4 heteroatoms.